The first-order valence-corrected chi connectivity index (χ1v) is 9.46. The molecular formula is C20H40. The zero-order chi connectivity index (χ0) is 14.9. The lowest BCUT2D eigenvalue weighted by Crippen LogP contribution is -1.96. The van der Waals surface area contributed by atoms with E-state index in [9.17, 15) is 0 Å². The van der Waals surface area contributed by atoms with Gasteiger partial charge < -0.3 is 0 Å². The fourth-order valence-corrected chi connectivity index (χ4v) is 3.00. The van der Waals surface area contributed by atoms with E-state index in [0.29, 0.717) is 0 Å². The molecule has 0 bridgehead atoms. The summed E-state index contributed by atoms with van der Waals surface area (Å²) in [5.41, 5.74) is 0. The van der Waals surface area contributed by atoms with Crippen molar-refractivity contribution in [3.8, 4) is 0 Å². The van der Waals surface area contributed by atoms with E-state index < -0.39 is 0 Å². The van der Waals surface area contributed by atoms with E-state index in [2.05, 4.69) is 26.5 Å². The van der Waals surface area contributed by atoms with Crippen molar-refractivity contribution >= 4 is 0 Å². The van der Waals surface area contributed by atoms with Gasteiger partial charge in [0.1, 0.15) is 0 Å². The molecule has 0 heteroatoms. The molecule has 0 spiro atoms. The summed E-state index contributed by atoms with van der Waals surface area (Å²) in [6, 6.07) is 0. The van der Waals surface area contributed by atoms with E-state index in [0.717, 1.165) is 5.92 Å². The van der Waals surface area contributed by atoms with Crippen LogP contribution in [0.1, 0.15) is 110 Å². The maximum Gasteiger partial charge on any atom is -0.0325 e. The van der Waals surface area contributed by atoms with E-state index in [1.165, 1.54) is 96.3 Å². The molecule has 0 saturated heterocycles. The number of rotatable bonds is 16. The van der Waals surface area contributed by atoms with Gasteiger partial charge in [-0.15, -0.1) is 6.58 Å². The molecule has 0 amide bonds. The van der Waals surface area contributed by atoms with Gasteiger partial charge in [0.15, 0.2) is 0 Å². The van der Waals surface area contributed by atoms with Crippen molar-refractivity contribution in [1.29, 1.82) is 0 Å². The van der Waals surface area contributed by atoms with Gasteiger partial charge in [0, 0.05) is 0 Å². The van der Waals surface area contributed by atoms with Crippen LogP contribution in [0.2, 0.25) is 0 Å². The summed E-state index contributed by atoms with van der Waals surface area (Å²) in [5.74, 6) is 0.899. The van der Waals surface area contributed by atoms with Crippen LogP contribution in [-0.2, 0) is 0 Å². The van der Waals surface area contributed by atoms with Crippen molar-refractivity contribution in [2.45, 2.75) is 110 Å². The van der Waals surface area contributed by atoms with Crippen molar-refractivity contribution in [3.63, 3.8) is 0 Å². The van der Waals surface area contributed by atoms with Crippen molar-refractivity contribution in [1.82, 2.24) is 0 Å². The lowest BCUT2D eigenvalue weighted by molar-refractivity contribution is 0.441. The Hall–Kier alpha value is -0.260. The van der Waals surface area contributed by atoms with Crippen molar-refractivity contribution in [2.24, 2.45) is 5.92 Å². The van der Waals surface area contributed by atoms with Crippen LogP contribution in [0, 0.1) is 5.92 Å². The smallest absolute Gasteiger partial charge is 0.0325 e. The fourth-order valence-electron chi connectivity index (χ4n) is 3.00. The lowest BCUT2D eigenvalue weighted by Gasteiger charge is -2.11. The predicted octanol–water partition coefficient (Wildman–Crippen LogP) is 7.68. The summed E-state index contributed by atoms with van der Waals surface area (Å²) in [4.78, 5) is 0. The Bertz CT molecular complexity index is 182. The molecule has 0 N–H and O–H groups in total. The normalized spacial score (nSPS) is 12.5. The average molecular weight is 281 g/mol. The Kier molecular flexibility index (Phi) is 16.6. The third-order valence-electron chi connectivity index (χ3n) is 4.54. The topological polar surface area (TPSA) is 0 Å². The van der Waals surface area contributed by atoms with E-state index in [1.54, 1.807) is 0 Å². The van der Waals surface area contributed by atoms with Crippen LogP contribution in [0.4, 0.5) is 0 Å². The van der Waals surface area contributed by atoms with Crippen molar-refractivity contribution in [2.75, 3.05) is 0 Å². The summed E-state index contributed by atoms with van der Waals surface area (Å²) in [6.07, 6.45) is 23.5. The standard InChI is InChI=1S/C20H40/c1-4-7-8-9-10-11-12-13-14-15-16-17-19-20(6-3)18-5-2/h5,20H,2,4,6-19H2,1,3H3. The predicted molar refractivity (Wildman–Crippen MR) is 94.3 cm³/mol. The first-order valence-electron chi connectivity index (χ1n) is 9.46. The van der Waals surface area contributed by atoms with E-state index in [1.807, 2.05) is 0 Å². The second-order valence-electron chi connectivity index (χ2n) is 6.48. The summed E-state index contributed by atoms with van der Waals surface area (Å²) in [5, 5.41) is 0. The van der Waals surface area contributed by atoms with Crippen molar-refractivity contribution in [3.05, 3.63) is 12.7 Å². The highest BCUT2D eigenvalue weighted by Gasteiger charge is 2.03. The van der Waals surface area contributed by atoms with E-state index in [4.69, 9.17) is 0 Å². The van der Waals surface area contributed by atoms with Crippen LogP contribution in [0.25, 0.3) is 0 Å². The van der Waals surface area contributed by atoms with Gasteiger partial charge >= 0.3 is 0 Å². The molecule has 0 heterocycles. The molecule has 0 saturated carbocycles. The minimum Gasteiger partial charge on any atom is -0.103 e. The molecule has 0 aromatic carbocycles. The maximum atomic E-state index is 3.86. The van der Waals surface area contributed by atoms with Gasteiger partial charge in [-0.2, -0.15) is 0 Å². The first-order chi connectivity index (χ1) is 9.85. The molecule has 1 unspecified atom stereocenters. The molecule has 0 aromatic heterocycles. The van der Waals surface area contributed by atoms with Crippen LogP contribution in [0.15, 0.2) is 12.7 Å². The van der Waals surface area contributed by atoms with Crippen LogP contribution < -0.4 is 0 Å². The Morgan fingerprint density at radius 3 is 1.55 bits per heavy atom. The molecular weight excluding hydrogens is 240 g/mol. The van der Waals surface area contributed by atoms with Gasteiger partial charge in [-0.1, -0.05) is 110 Å². The average Bonchev–Trinajstić information content (AvgIpc) is 2.47. The molecule has 0 fully saturated rings. The van der Waals surface area contributed by atoms with Crippen molar-refractivity contribution < 1.29 is 0 Å². The van der Waals surface area contributed by atoms with Crippen LogP contribution in [0.3, 0.4) is 0 Å². The molecule has 1 atom stereocenters. The zero-order valence-corrected chi connectivity index (χ0v) is 14.5. The Morgan fingerprint density at radius 2 is 1.15 bits per heavy atom. The van der Waals surface area contributed by atoms with E-state index in [-0.39, 0.29) is 0 Å². The highest BCUT2D eigenvalue weighted by atomic mass is 14.1. The van der Waals surface area contributed by atoms with Gasteiger partial charge in [0.25, 0.3) is 0 Å². The van der Waals surface area contributed by atoms with Gasteiger partial charge in [-0.05, 0) is 12.3 Å². The van der Waals surface area contributed by atoms with Crippen LogP contribution in [0.5, 0.6) is 0 Å². The minimum absolute atomic E-state index is 0.899. The number of allylic oxidation sites excluding steroid dienone is 1. The van der Waals surface area contributed by atoms with Crippen LogP contribution >= 0.6 is 0 Å². The van der Waals surface area contributed by atoms with Gasteiger partial charge in [-0.25, -0.2) is 0 Å². The number of hydrogen-bond acceptors (Lipinski definition) is 0. The molecule has 20 heavy (non-hydrogen) atoms. The molecule has 0 aliphatic carbocycles. The first kappa shape index (κ1) is 19.7. The molecule has 0 aromatic rings. The molecule has 0 nitrogen and oxygen atoms in total. The Balaban J connectivity index is 3.11. The highest BCUT2D eigenvalue weighted by molar-refractivity contribution is 4.72. The third kappa shape index (κ3) is 14.2. The quantitative estimate of drug-likeness (QED) is 0.201. The van der Waals surface area contributed by atoms with Gasteiger partial charge in [0.05, 0.1) is 0 Å². The van der Waals surface area contributed by atoms with E-state index >= 15 is 0 Å². The summed E-state index contributed by atoms with van der Waals surface area (Å²) in [6.45, 7) is 8.46. The monoisotopic (exact) mass is 280 g/mol. The second-order valence-corrected chi connectivity index (χ2v) is 6.48. The summed E-state index contributed by atoms with van der Waals surface area (Å²) < 4.78 is 0. The lowest BCUT2D eigenvalue weighted by atomic mass is 9.95. The highest BCUT2D eigenvalue weighted by Crippen LogP contribution is 2.18. The molecule has 0 aliphatic rings. The third-order valence-corrected chi connectivity index (χ3v) is 4.54. The number of unbranched alkanes of at least 4 members (excludes halogenated alkanes) is 11. The maximum absolute atomic E-state index is 3.86. The summed E-state index contributed by atoms with van der Waals surface area (Å²) >= 11 is 0. The molecule has 0 aliphatic heterocycles. The fraction of sp³-hybridized carbons (Fsp3) is 0.900. The summed E-state index contributed by atoms with van der Waals surface area (Å²) in [7, 11) is 0. The Labute approximate surface area is 129 Å². The minimum atomic E-state index is 0.899. The molecule has 0 rings (SSSR count). The Morgan fingerprint density at radius 1 is 0.700 bits per heavy atom. The van der Waals surface area contributed by atoms with Gasteiger partial charge in [0.2, 0.25) is 0 Å². The number of hydrogen-bond donors (Lipinski definition) is 0. The molecule has 120 valence electrons. The zero-order valence-electron chi connectivity index (χ0n) is 14.5. The SMILES string of the molecule is C=CCC(CC)CCCCCCCCCCCCCC. The van der Waals surface area contributed by atoms with Gasteiger partial charge in [-0.3, -0.25) is 0 Å². The molecule has 0 radical (unpaired) electrons. The van der Waals surface area contributed by atoms with Crippen LogP contribution in [-0.4, -0.2) is 0 Å². The second kappa shape index (κ2) is 16.8. The largest absolute Gasteiger partial charge is 0.103 e.